The molecular weight excluding hydrogens is 827 g/mol. The molecule has 1 spiro atoms. The normalized spacial score (nSPS) is 13.1. The monoisotopic (exact) mass is 865 g/mol. The molecule has 13 aromatic rings. The van der Waals surface area contributed by atoms with Crippen molar-refractivity contribution in [2.45, 2.75) is 5.41 Å². The van der Waals surface area contributed by atoms with Crippen molar-refractivity contribution in [2.24, 2.45) is 0 Å². The summed E-state index contributed by atoms with van der Waals surface area (Å²) >= 11 is 0. The Morgan fingerprint density at radius 3 is 1.65 bits per heavy atom. The zero-order valence-electron chi connectivity index (χ0n) is 36.8. The van der Waals surface area contributed by atoms with Gasteiger partial charge in [-0.25, -0.2) is 0 Å². The minimum atomic E-state index is -0.486. The molecule has 2 heterocycles. The molecule has 15 rings (SSSR count). The molecule has 2 aliphatic rings. The summed E-state index contributed by atoms with van der Waals surface area (Å²) in [5.74, 6) is 0. The molecule has 11 aromatic carbocycles. The van der Waals surface area contributed by atoms with Crippen LogP contribution in [-0.4, -0.2) is 0 Å². The first-order valence-corrected chi connectivity index (χ1v) is 23.4. The van der Waals surface area contributed by atoms with Crippen LogP contribution in [-0.2, 0) is 5.41 Å². The molecule has 0 N–H and O–H groups in total. The van der Waals surface area contributed by atoms with Gasteiger partial charge in [-0.05, 0) is 115 Å². The highest BCUT2D eigenvalue weighted by Gasteiger charge is 2.51. The molecule has 68 heavy (non-hydrogen) atoms. The number of hydrogen-bond acceptors (Lipinski definition) is 3. The van der Waals surface area contributed by atoms with Crippen LogP contribution in [0.25, 0.3) is 99.2 Å². The van der Waals surface area contributed by atoms with E-state index < -0.39 is 5.41 Å². The van der Waals surface area contributed by atoms with E-state index in [1.165, 1.54) is 55.3 Å². The van der Waals surface area contributed by atoms with Crippen LogP contribution in [0, 0.1) is 0 Å². The maximum Gasteiger partial charge on any atom is 0.144 e. The van der Waals surface area contributed by atoms with Gasteiger partial charge in [-0.2, -0.15) is 0 Å². The fourth-order valence-corrected chi connectivity index (χ4v) is 12.1. The molecule has 0 radical (unpaired) electrons. The van der Waals surface area contributed by atoms with Crippen LogP contribution in [0.2, 0.25) is 0 Å². The van der Waals surface area contributed by atoms with Gasteiger partial charge in [0.05, 0.1) is 11.1 Å². The summed E-state index contributed by atoms with van der Waals surface area (Å²) in [6.45, 7) is 0. The van der Waals surface area contributed by atoms with Crippen LogP contribution < -0.4 is 4.90 Å². The highest BCUT2D eigenvalue weighted by atomic mass is 16.3. The average molecular weight is 866 g/mol. The van der Waals surface area contributed by atoms with E-state index in [-0.39, 0.29) is 0 Å². The molecular formula is C65H39NO2. The number of nitrogens with zero attached hydrogens (tertiary/aromatic N) is 1. The largest absolute Gasteiger partial charge is 0.456 e. The van der Waals surface area contributed by atoms with Gasteiger partial charge in [0.15, 0.2) is 0 Å². The first kappa shape index (κ1) is 37.3. The van der Waals surface area contributed by atoms with Crippen molar-refractivity contribution >= 4 is 71.7 Å². The molecule has 0 fully saturated rings. The van der Waals surface area contributed by atoms with Crippen LogP contribution in [0.5, 0.6) is 0 Å². The molecule has 3 nitrogen and oxygen atoms in total. The molecule has 3 heteroatoms. The fourth-order valence-electron chi connectivity index (χ4n) is 12.1. The van der Waals surface area contributed by atoms with Crippen LogP contribution in [0.15, 0.2) is 245 Å². The van der Waals surface area contributed by atoms with Crippen molar-refractivity contribution in [3.05, 3.63) is 259 Å². The number of benzene rings is 11. The Morgan fingerprint density at radius 2 is 0.882 bits per heavy atom. The summed E-state index contributed by atoms with van der Waals surface area (Å²) in [7, 11) is 0. The van der Waals surface area contributed by atoms with E-state index in [1.807, 2.05) is 6.07 Å². The fraction of sp³-hybridized carbons (Fsp3) is 0.0154. The molecule has 0 saturated carbocycles. The van der Waals surface area contributed by atoms with Gasteiger partial charge in [0, 0.05) is 44.0 Å². The van der Waals surface area contributed by atoms with Crippen LogP contribution in [0.1, 0.15) is 22.3 Å². The molecule has 0 aliphatic heterocycles. The minimum Gasteiger partial charge on any atom is -0.456 e. The summed E-state index contributed by atoms with van der Waals surface area (Å²) < 4.78 is 13.9. The lowest BCUT2D eigenvalue weighted by Gasteiger charge is -2.32. The highest BCUT2D eigenvalue weighted by molar-refractivity contribution is 6.25. The van der Waals surface area contributed by atoms with Crippen molar-refractivity contribution in [3.63, 3.8) is 0 Å². The molecule has 0 unspecified atom stereocenters. The van der Waals surface area contributed by atoms with E-state index in [9.17, 15) is 0 Å². The minimum absolute atomic E-state index is 0.486. The Hall–Kier alpha value is -8.92. The summed E-state index contributed by atoms with van der Waals surface area (Å²) in [6.07, 6.45) is 0. The summed E-state index contributed by atoms with van der Waals surface area (Å²) in [4.78, 5) is 2.45. The first-order chi connectivity index (χ1) is 33.7. The molecule has 2 aromatic heterocycles. The van der Waals surface area contributed by atoms with E-state index in [2.05, 4.69) is 235 Å². The average Bonchev–Trinajstić information content (AvgIpc) is 4.13. The second kappa shape index (κ2) is 14.0. The van der Waals surface area contributed by atoms with Crippen molar-refractivity contribution in [1.29, 1.82) is 0 Å². The molecule has 0 amide bonds. The SMILES string of the molecule is c1ccc(-c2ccccc2N(c2ccc3c(c2)C2(c4ccccc4-c4ccccc42)c2ccccc2-3)c2ccc3oc4c(-c5cccc6ccccc56)c5c(cc4c3c2)oc2ccccc25)cc1. The first-order valence-electron chi connectivity index (χ1n) is 23.4. The topological polar surface area (TPSA) is 29.5 Å². The number of para-hydroxylation sites is 2. The Morgan fingerprint density at radius 1 is 0.324 bits per heavy atom. The summed E-state index contributed by atoms with van der Waals surface area (Å²) in [5.41, 5.74) is 20.9. The van der Waals surface area contributed by atoms with Crippen LogP contribution in [0.4, 0.5) is 17.1 Å². The van der Waals surface area contributed by atoms with Crippen molar-refractivity contribution in [1.82, 2.24) is 0 Å². The molecule has 0 bridgehead atoms. The molecule has 0 saturated heterocycles. The third kappa shape index (κ3) is 5.02. The van der Waals surface area contributed by atoms with Crippen molar-refractivity contribution < 1.29 is 8.83 Å². The second-order valence-corrected chi connectivity index (χ2v) is 18.2. The van der Waals surface area contributed by atoms with Gasteiger partial charge in [-0.3, -0.25) is 0 Å². The highest BCUT2D eigenvalue weighted by Crippen LogP contribution is 2.63. The third-order valence-corrected chi connectivity index (χ3v) is 14.9. The Labute approximate surface area is 392 Å². The zero-order chi connectivity index (χ0) is 44.5. The number of anilines is 3. The predicted octanol–water partition coefficient (Wildman–Crippen LogP) is 17.8. The second-order valence-electron chi connectivity index (χ2n) is 18.2. The van der Waals surface area contributed by atoms with Crippen molar-refractivity contribution in [2.75, 3.05) is 4.90 Å². The third-order valence-electron chi connectivity index (χ3n) is 14.9. The number of fused-ring (bicyclic) bond motifs is 17. The van der Waals surface area contributed by atoms with E-state index in [0.29, 0.717) is 0 Å². The lowest BCUT2D eigenvalue weighted by Crippen LogP contribution is -2.26. The quantitative estimate of drug-likeness (QED) is 0.173. The molecule has 316 valence electrons. The van der Waals surface area contributed by atoms with E-state index in [1.54, 1.807) is 0 Å². The Bertz CT molecular complexity index is 4160. The number of rotatable bonds is 5. The van der Waals surface area contributed by atoms with Crippen molar-refractivity contribution in [3.8, 4) is 44.5 Å². The summed E-state index contributed by atoms with van der Waals surface area (Å²) in [6, 6.07) is 86.2. The standard InChI is InChI=1S/C65H39NO2/c1-2-17-41(18-3-1)45-22-9-14-31-58(45)66(43-33-35-49-48-25-8-13-30-56(48)65(57(49)38-43)54-28-11-6-23-46(54)47-24-7-12-29-55(47)65)42-34-36-60-52(37-42)53-39-61-62(51-26-10-15-32-59(51)67-61)63(64(53)68-60)50-27-16-20-40-19-4-5-21-44(40)50/h1-39H. The molecule has 0 atom stereocenters. The number of furan rings is 2. The lowest BCUT2D eigenvalue weighted by atomic mass is 9.70. The van der Waals surface area contributed by atoms with Gasteiger partial charge < -0.3 is 13.7 Å². The van der Waals surface area contributed by atoms with Gasteiger partial charge in [0.25, 0.3) is 0 Å². The van der Waals surface area contributed by atoms with Gasteiger partial charge in [-0.15, -0.1) is 0 Å². The number of hydrogen-bond donors (Lipinski definition) is 0. The maximum atomic E-state index is 7.12. The van der Waals surface area contributed by atoms with Gasteiger partial charge in [0.2, 0.25) is 0 Å². The van der Waals surface area contributed by atoms with E-state index in [4.69, 9.17) is 8.83 Å². The van der Waals surface area contributed by atoms with E-state index >= 15 is 0 Å². The smallest absolute Gasteiger partial charge is 0.144 e. The Kier molecular flexibility index (Phi) is 7.71. The van der Waals surface area contributed by atoms with Crippen LogP contribution in [0.3, 0.4) is 0 Å². The van der Waals surface area contributed by atoms with Crippen LogP contribution >= 0.6 is 0 Å². The lowest BCUT2D eigenvalue weighted by molar-refractivity contribution is 0.664. The van der Waals surface area contributed by atoms with Gasteiger partial charge >= 0.3 is 0 Å². The van der Waals surface area contributed by atoms with Gasteiger partial charge in [-0.1, -0.05) is 188 Å². The Balaban J connectivity index is 1.02. The summed E-state index contributed by atoms with van der Waals surface area (Å²) in [5, 5.41) is 6.51. The van der Waals surface area contributed by atoms with Gasteiger partial charge in [0.1, 0.15) is 22.3 Å². The van der Waals surface area contributed by atoms with E-state index in [0.717, 1.165) is 83.2 Å². The predicted molar refractivity (Wildman–Crippen MR) is 280 cm³/mol. The molecule has 2 aliphatic carbocycles. The maximum absolute atomic E-state index is 7.12. The zero-order valence-corrected chi connectivity index (χ0v) is 36.8.